The number of aliphatic imine (C=N–C) groups is 1. The first-order chi connectivity index (χ1) is 5.25. The Bertz CT molecular complexity index is 213. The van der Waals surface area contributed by atoms with Crippen molar-refractivity contribution in [3.8, 4) is 0 Å². The van der Waals surface area contributed by atoms with Crippen molar-refractivity contribution in [1.82, 2.24) is 10.2 Å². The highest BCUT2D eigenvalue weighted by molar-refractivity contribution is 5.66. The summed E-state index contributed by atoms with van der Waals surface area (Å²) in [4.78, 5) is 6.19. The molecule has 0 aliphatic carbocycles. The monoisotopic (exact) mass is 151 g/mol. The lowest BCUT2D eigenvalue weighted by atomic mass is 10.3. The van der Waals surface area contributed by atoms with Crippen molar-refractivity contribution >= 4 is 6.21 Å². The van der Waals surface area contributed by atoms with E-state index in [1.165, 1.54) is 0 Å². The molecular formula is C8H13N3. The zero-order valence-corrected chi connectivity index (χ0v) is 6.96. The summed E-state index contributed by atoms with van der Waals surface area (Å²) in [6.07, 6.45) is 4.44. The van der Waals surface area contributed by atoms with Gasteiger partial charge < -0.3 is 10.2 Å². The van der Waals surface area contributed by atoms with Crippen molar-refractivity contribution in [1.29, 1.82) is 0 Å². The van der Waals surface area contributed by atoms with Gasteiger partial charge in [0.15, 0.2) is 0 Å². The average Bonchev–Trinajstić information content (AvgIpc) is 2.36. The van der Waals surface area contributed by atoms with E-state index in [1.807, 2.05) is 25.2 Å². The molecular weight excluding hydrogens is 138 g/mol. The van der Waals surface area contributed by atoms with E-state index in [0.717, 1.165) is 17.9 Å². The summed E-state index contributed by atoms with van der Waals surface area (Å²) >= 11 is 0. The molecule has 0 aromatic heterocycles. The summed E-state index contributed by atoms with van der Waals surface area (Å²) in [5.41, 5.74) is 1.12. The molecule has 0 atom stereocenters. The third kappa shape index (κ3) is 1.61. The van der Waals surface area contributed by atoms with E-state index in [0.29, 0.717) is 0 Å². The molecule has 0 spiro atoms. The van der Waals surface area contributed by atoms with Crippen LogP contribution in [0.5, 0.6) is 0 Å². The summed E-state index contributed by atoms with van der Waals surface area (Å²) < 4.78 is 0. The van der Waals surface area contributed by atoms with Crippen LogP contribution < -0.4 is 5.32 Å². The largest absolute Gasteiger partial charge is 0.362 e. The van der Waals surface area contributed by atoms with Crippen LogP contribution in [0.1, 0.15) is 6.42 Å². The van der Waals surface area contributed by atoms with Crippen molar-refractivity contribution in [3.05, 3.63) is 24.3 Å². The first-order valence-corrected chi connectivity index (χ1v) is 3.56. The van der Waals surface area contributed by atoms with Crippen molar-refractivity contribution in [2.24, 2.45) is 4.99 Å². The second-order valence-corrected chi connectivity index (χ2v) is 2.56. The van der Waals surface area contributed by atoms with Crippen LogP contribution in [-0.4, -0.2) is 25.2 Å². The Labute approximate surface area is 67.1 Å². The van der Waals surface area contributed by atoms with Gasteiger partial charge in [-0.1, -0.05) is 6.58 Å². The molecule has 1 aliphatic heterocycles. The smallest absolute Gasteiger partial charge is 0.147 e. The number of hydrogen-bond acceptors (Lipinski definition) is 3. The molecule has 0 aromatic rings. The van der Waals surface area contributed by atoms with Gasteiger partial charge in [0.25, 0.3) is 0 Å². The highest BCUT2D eigenvalue weighted by Crippen LogP contribution is 2.14. The predicted molar refractivity (Wildman–Crippen MR) is 47.2 cm³/mol. The zero-order chi connectivity index (χ0) is 8.27. The van der Waals surface area contributed by atoms with Crippen molar-refractivity contribution in [2.75, 3.05) is 14.1 Å². The third-order valence-corrected chi connectivity index (χ3v) is 1.48. The number of allylic oxidation sites excluding steroid dienone is 1. The molecule has 3 nitrogen and oxygen atoms in total. The lowest BCUT2D eigenvalue weighted by molar-refractivity contribution is 0.499. The lowest BCUT2D eigenvalue weighted by Gasteiger charge is -2.13. The Morgan fingerprint density at radius 1 is 1.73 bits per heavy atom. The van der Waals surface area contributed by atoms with Gasteiger partial charge >= 0.3 is 0 Å². The van der Waals surface area contributed by atoms with Gasteiger partial charge in [-0.15, -0.1) is 0 Å². The van der Waals surface area contributed by atoms with E-state index in [1.54, 1.807) is 6.20 Å². The van der Waals surface area contributed by atoms with Crippen LogP contribution >= 0.6 is 0 Å². The molecule has 0 bridgehead atoms. The van der Waals surface area contributed by atoms with Crippen molar-refractivity contribution in [2.45, 2.75) is 6.42 Å². The quantitative estimate of drug-likeness (QED) is 0.649. The van der Waals surface area contributed by atoms with Crippen LogP contribution in [0.15, 0.2) is 29.3 Å². The first kappa shape index (κ1) is 7.85. The number of rotatable bonds is 3. The number of nitrogens with one attached hydrogen (secondary N) is 1. The van der Waals surface area contributed by atoms with Gasteiger partial charge in [0, 0.05) is 26.7 Å². The molecule has 0 aromatic carbocycles. The summed E-state index contributed by atoms with van der Waals surface area (Å²) in [5.74, 6) is 0.991. The fraction of sp³-hybridized carbons (Fsp3) is 0.375. The van der Waals surface area contributed by atoms with E-state index in [-0.39, 0.29) is 0 Å². The standard InChI is InChI=1S/C8H13N3/c1-4-9-7-5-6-10-8(7)11(2)3/h4,6,9H,1,5H2,2-3H3. The predicted octanol–water partition coefficient (Wildman–Crippen LogP) is 0.925. The zero-order valence-electron chi connectivity index (χ0n) is 6.96. The van der Waals surface area contributed by atoms with Gasteiger partial charge in [-0.3, -0.25) is 0 Å². The van der Waals surface area contributed by atoms with Crippen LogP contribution in [0.3, 0.4) is 0 Å². The summed E-state index contributed by atoms with van der Waals surface area (Å²) in [6, 6.07) is 0. The SMILES string of the molecule is C=CNC1=C(N(C)C)N=CC1. The van der Waals surface area contributed by atoms with E-state index in [9.17, 15) is 0 Å². The molecule has 11 heavy (non-hydrogen) atoms. The van der Waals surface area contributed by atoms with Crippen LogP contribution in [0, 0.1) is 0 Å². The van der Waals surface area contributed by atoms with Crippen LogP contribution in [-0.2, 0) is 0 Å². The van der Waals surface area contributed by atoms with Gasteiger partial charge in [-0.2, -0.15) is 0 Å². The molecule has 0 saturated carbocycles. The average molecular weight is 151 g/mol. The Hall–Kier alpha value is -1.25. The van der Waals surface area contributed by atoms with E-state index in [2.05, 4.69) is 16.9 Å². The molecule has 1 rings (SSSR count). The van der Waals surface area contributed by atoms with E-state index >= 15 is 0 Å². The Kier molecular flexibility index (Phi) is 2.31. The topological polar surface area (TPSA) is 27.6 Å². The first-order valence-electron chi connectivity index (χ1n) is 3.56. The second kappa shape index (κ2) is 3.23. The Balaban J connectivity index is 2.74. The summed E-state index contributed by atoms with van der Waals surface area (Å²) in [6.45, 7) is 3.60. The normalized spacial score (nSPS) is 15.5. The molecule has 1 aliphatic rings. The van der Waals surface area contributed by atoms with Crippen molar-refractivity contribution < 1.29 is 0 Å². The minimum absolute atomic E-state index is 0.875. The van der Waals surface area contributed by atoms with Gasteiger partial charge in [0.05, 0.1) is 5.70 Å². The molecule has 3 heteroatoms. The molecule has 0 fully saturated rings. The van der Waals surface area contributed by atoms with Gasteiger partial charge in [0.1, 0.15) is 5.82 Å². The summed E-state index contributed by atoms with van der Waals surface area (Å²) in [7, 11) is 3.95. The lowest BCUT2D eigenvalue weighted by Crippen LogP contribution is -2.14. The highest BCUT2D eigenvalue weighted by Gasteiger charge is 2.10. The molecule has 0 unspecified atom stereocenters. The maximum atomic E-state index is 4.21. The van der Waals surface area contributed by atoms with Crippen molar-refractivity contribution in [3.63, 3.8) is 0 Å². The maximum absolute atomic E-state index is 4.21. The Morgan fingerprint density at radius 3 is 3.00 bits per heavy atom. The van der Waals surface area contributed by atoms with Crippen LogP contribution in [0.25, 0.3) is 0 Å². The number of nitrogens with zero attached hydrogens (tertiary/aromatic N) is 2. The summed E-state index contributed by atoms with van der Waals surface area (Å²) in [5, 5.41) is 3.05. The molecule has 0 radical (unpaired) electrons. The van der Waals surface area contributed by atoms with Gasteiger partial charge in [0.2, 0.25) is 0 Å². The van der Waals surface area contributed by atoms with Gasteiger partial charge in [-0.05, 0) is 6.20 Å². The molecule has 0 amide bonds. The van der Waals surface area contributed by atoms with Crippen LogP contribution in [0.4, 0.5) is 0 Å². The third-order valence-electron chi connectivity index (χ3n) is 1.48. The minimum Gasteiger partial charge on any atom is -0.362 e. The fourth-order valence-corrected chi connectivity index (χ4v) is 1.02. The van der Waals surface area contributed by atoms with E-state index < -0.39 is 0 Å². The molecule has 1 heterocycles. The van der Waals surface area contributed by atoms with Crippen LogP contribution in [0.2, 0.25) is 0 Å². The highest BCUT2D eigenvalue weighted by atomic mass is 15.2. The minimum atomic E-state index is 0.875. The fourth-order valence-electron chi connectivity index (χ4n) is 1.02. The Morgan fingerprint density at radius 2 is 2.45 bits per heavy atom. The second-order valence-electron chi connectivity index (χ2n) is 2.56. The molecule has 1 N–H and O–H groups in total. The van der Waals surface area contributed by atoms with Gasteiger partial charge in [-0.25, -0.2) is 4.99 Å². The maximum Gasteiger partial charge on any atom is 0.147 e. The number of hydrogen-bond donors (Lipinski definition) is 1. The molecule has 0 saturated heterocycles. The van der Waals surface area contributed by atoms with E-state index in [4.69, 9.17) is 0 Å². The molecule has 60 valence electrons.